The molecule has 2 rings (SSSR count). The van der Waals surface area contributed by atoms with Gasteiger partial charge in [-0.2, -0.15) is 0 Å². The first kappa shape index (κ1) is 15.9. The molecule has 3 nitrogen and oxygen atoms in total. The van der Waals surface area contributed by atoms with E-state index in [0.29, 0.717) is 6.42 Å². The minimum absolute atomic E-state index is 0.268. The summed E-state index contributed by atoms with van der Waals surface area (Å²) in [4.78, 5) is 12.8. The zero-order valence-corrected chi connectivity index (χ0v) is 14.3. The van der Waals surface area contributed by atoms with Crippen LogP contribution < -0.4 is 0 Å². The summed E-state index contributed by atoms with van der Waals surface area (Å²) in [6.07, 6.45) is 2.17. The number of halogens is 1. The molecular formula is C16H16BrNO2S. The number of allylic oxidation sites excluding steroid dienone is 1. The molecule has 0 amide bonds. The van der Waals surface area contributed by atoms with E-state index in [-0.39, 0.29) is 16.5 Å². The highest BCUT2D eigenvalue weighted by Gasteiger charge is 2.14. The molecule has 0 saturated carbocycles. The highest BCUT2D eigenvalue weighted by Crippen LogP contribution is 2.34. The molecule has 0 atom stereocenters. The van der Waals surface area contributed by atoms with E-state index in [2.05, 4.69) is 15.9 Å². The van der Waals surface area contributed by atoms with Crippen LogP contribution in [-0.4, -0.2) is 4.92 Å². The van der Waals surface area contributed by atoms with Crippen LogP contribution >= 0.6 is 27.3 Å². The fourth-order valence-electron chi connectivity index (χ4n) is 2.00. The highest BCUT2D eigenvalue weighted by molar-refractivity contribution is 9.10. The van der Waals surface area contributed by atoms with E-state index in [0.717, 1.165) is 19.8 Å². The maximum Gasteiger partial charge on any atom is 0.247 e. The molecule has 1 heterocycles. The monoisotopic (exact) mass is 365 g/mol. The predicted octanol–water partition coefficient (Wildman–Crippen LogP) is 5.84. The lowest BCUT2D eigenvalue weighted by Crippen LogP contribution is -2.01. The lowest BCUT2D eigenvalue weighted by molar-refractivity contribution is -0.427. The Morgan fingerprint density at radius 3 is 2.67 bits per heavy atom. The van der Waals surface area contributed by atoms with E-state index in [9.17, 15) is 10.1 Å². The third kappa shape index (κ3) is 4.25. The van der Waals surface area contributed by atoms with E-state index in [4.69, 9.17) is 0 Å². The molecule has 5 heteroatoms. The summed E-state index contributed by atoms with van der Waals surface area (Å²) in [7, 11) is 0. The van der Waals surface area contributed by atoms with Gasteiger partial charge in [0.1, 0.15) is 0 Å². The Labute approximate surface area is 136 Å². The zero-order valence-electron chi connectivity index (χ0n) is 11.9. The van der Waals surface area contributed by atoms with E-state index in [1.165, 1.54) is 0 Å². The molecule has 0 aliphatic carbocycles. The smallest absolute Gasteiger partial charge is 0.247 e. The van der Waals surface area contributed by atoms with Crippen molar-refractivity contribution in [3.8, 4) is 10.4 Å². The Kier molecular flexibility index (Phi) is 5.31. The number of nitrogens with zero attached hydrogens (tertiary/aromatic N) is 1. The molecule has 1 aromatic heterocycles. The van der Waals surface area contributed by atoms with Crippen molar-refractivity contribution in [2.24, 2.45) is 5.92 Å². The van der Waals surface area contributed by atoms with Crippen molar-refractivity contribution >= 4 is 33.3 Å². The molecule has 0 saturated heterocycles. The van der Waals surface area contributed by atoms with Crippen LogP contribution in [0.2, 0.25) is 0 Å². The number of benzene rings is 1. The summed E-state index contributed by atoms with van der Waals surface area (Å²) in [5.41, 5.74) is 1.37. The largest absolute Gasteiger partial charge is 0.259 e. The third-order valence-corrected chi connectivity index (χ3v) is 4.68. The summed E-state index contributed by atoms with van der Waals surface area (Å²) in [5, 5.41) is 11.1. The maximum atomic E-state index is 11.1. The molecule has 0 unspecified atom stereocenters. The first-order valence-corrected chi connectivity index (χ1v) is 8.28. The lowest BCUT2D eigenvalue weighted by Gasteiger charge is -2.01. The number of hydrogen-bond acceptors (Lipinski definition) is 3. The van der Waals surface area contributed by atoms with Crippen molar-refractivity contribution in [3.05, 3.63) is 61.6 Å². The van der Waals surface area contributed by atoms with Crippen molar-refractivity contribution in [3.63, 3.8) is 0 Å². The molecule has 0 radical (unpaired) electrons. The molecule has 21 heavy (non-hydrogen) atoms. The first-order valence-electron chi connectivity index (χ1n) is 6.67. The third-order valence-electron chi connectivity index (χ3n) is 2.93. The van der Waals surface area contributed by atoms with Crippen LogP contribution in [0.5, 0.6) is 0 Å². The SMILES string of the molecule is CC(C)CC(=Cc1ccc(-c2ccccc2Br)s1)[N+](=O)[O-]. The lowest BCUT2D eigenvalue weighted by atomic mass is 10.1. The van der Waals surface area contributed by atoms with Crippen molar-refractivity contribution < 1.29 is 4.92 Å². The quantitative estimate of drug-likeness (QED) is 0.493. The predicted molar refractivity (Wildman–Crippen MR) is 91.9 cm³/mol. The molecular weight excluding hydrogens is 350 g/mol. The molecule has 1 aromatic carbocycles. The highest BCUT2D eigenvalue weighted by atomic mass is 79.9. The van der Waals surface area contributed by atoms with Gasteiger partial charge < -0.3 is 0 Å². The average molecular weight is 366 g/mol. The van der Waals surface area contributed by atoms with Crippen LogP contribution in [0, 0.1) is 16.0 Å². The van der Waals surface area contributed by atoms with Gasteiger partial charge in [0, 0.05) is 32.3 Å². The average Bonchev–Trinajstić information content (AvgIpc) is 2.86. The molecule has 0 fully saturated rings. The van der Waals surface area contributed by atoms with Crippen LogP contribution in [0.4, 0.5) is 0 Å². The van der Waals surface area contributed by atoms with Crippen molar-refractivity contribution in [2.75, 3.05) is 0 Å². The van der Waals surface area contributed by atoms with Crippen LogP contribution in [0.15, 0.2) is 46.6 Å². The van der Waals surface area contributed by atoms with Gasteiger partial charge in [0.15, 0.2) is 0 Å². The molecule has 110 valence electrons. The van der Waals surface area contributed by atoms with Crippen molar-refractivity contribution in [1.29, 1.82) is 0 Å². The summed E-state index contributed by atoms with van der Waals surface area (Å²) in [6, 6.07) is 11.9. The van der Waals surface area contributed by atoms with Crippen LogP contribution in [0.1, 0.15) is 25.1 Å². The van der Waals surface area contributed by atoms with Gasteiger partial charge in [0.2, 0.25) is 5.70 Å². The van der Waals surface area contributed by atoms with E-state index >= 15 is 0 Å². The van der Waals surface area contributed by atoms with Gasteiger partial charge in [-0.05, 0) is 24.1 Å². The molecule has 2 aromatic rings. The van der Waals surface area contributed by atoms with Crippen LogP contribution in [0.3, 0.4) is 0 Å². The Bertz CT molecular complexity index is 676. The summed E-state index contributed by atoms with van der Waals surface area (Å²) in [5.74, 6) is 0.268. The number of rotatable bonds is 5. The van der Waals surface area contributed by atoms with Crippen molar-refractivity contribution in [2.45, 2.75) is 20.3 Å². The summed E-state index contributed by atoms with van der Waals surface area (Å²) in [6.45, 7) is 3.97. The Morgan fingerprint density at radius 2 is 2.05 bits per heavy atom. The standard InChI is InChI=1S/C16H16BrNO2S/c1-11(2)9-12(18(19)20)10-13-7-8-16(21-13)14-5-3-4-6-15(14)17/h3-8,10-11H,9H2,1-2H3. The summed E-state index contributed by atoms with van der Waals surface area (Å²) < 4.78 is 1.03. The van der Waals surface area contributed by atoms with Gasteiger partial charge in [-0.25, -0.2) is 0 Å². The van der Waals surface area contributed by atoms with Gasteiger partial charge in [-0.3, -0.25) is 10.1 Å². The van der Waals surface area contributed by atoms with Gasteiger partial charge in [0.25, 0.3) is 0 Å². The Balaban J connectivity index is 2.31. The second kappa shape index (κ2) is 7.00. The molecule has 0 aliphatic rings. The maximum absolute atomic E-state index is 11.1. The first-order chi connectivity index (χ1) is 9.97. The number of hydrogen-bond donors (Lipinski definition) is 0. The van der Waals surface area contributed by atoms with Gasteiger partial charge in [0.05, 0.1) is 4.92 Å². The fraction of sp³-hybridized carbons (Fsp3) is 0.250. The van der Waals surface area contributed by atoms with Crippen LogP contribution in [-0.2, 0) is 0 Å². The van der Waals surface area contributed by atoms with Gasteiger partial charge in [-0.15, -0.1) is 11.3 Å². The molecule has 0 aliphatic heterocycles. The Hall–Kier alpha value is -1.46. The Morgan fingerprint density at radius 1 is 1.33 bits per heavy atom. The minimum Gasteiger partial charge on any atom is -0.259 e. The van der Waals surface area contributed by atoms with E-state index in [1.807, 2.05) is 50.2 Å². The second-order valence-electron chi connectivity index (χ2n) is 5.17. The number of thiophene rings is 1. The fourth-order valence-corrected chi connectivity index (χ4v) is 3.64. The normalized spacial score (nSPS) is 11.9. The van der Waals surface area contributed by atoms with Gasteiger partial charge >= 0.3 is 0 Å². The van der Waals surface area contributed by atoms with Crippen LogP contribution in [0.25, 0.3) is 16.5 Å². The molecule has 0 N–H and O–H groups in total. The zero-order chi connectivity index (χ0) is 15.4. The minimum atomic E-state index is -0.280. The van der Waals surface area contributed by atoms with E-state index in [1.54, 1.807) is 17.4 Å². The molecule has 0 spiro atoms. The molecule has 0 bridgehead atoms. The van der Waals surface area contributed by atoms with E-state index < -0.39 is 0 Å². The van der Waals surface area contributed by atoms with Crippen molar-refractivity contribution in [1.82, 2.24) is 0 Å². The second-order valence-corrected chi connectivity index (χ2v) is 7.14. The van der Waals surface area contributed by atoms with Gasteiger partial charge in [-0.1, -0.05) is 48.0 Å². The number of nitro groups is 1. The topological polar surface area (TPSA) is 43.1 Å². The summed E-state index contributed by atoms with van der Waals surface area (Å²) >= 11 is 5.09.